The summed E-state index contributed by atoms with van der Waals surface area (Å²) in [5.74, 6) is 0.126. The van der Waals surface area contributed by atoms with Crippen LogP contribution >= 0.6 is 11.6 Å². The molecule has 0 amide bonds. The average Bonchev–Trinajstić information content (AvgIpc) is 2.03. The number of aromatic nitrogens is 1. The molecule has 0 aliphatic heterocycles. The molecule has 0 bridgehead atoms. The summed E-state index contributed by atoms with van der Waals surface area (Å²) in [5.41, 5.74) is 0. The van der Waals surface area contributed by atoms with Gasteiger partial charge in [-0.2, -0.15) is 8.42 Å². The topological polar surface area (TPSA) is 56.3 Å². The van der Waals surface area contributed by atoms with Crippen molar-refractivity contribution in [3.8, 4) is 5.75 Å². The summed E-state index contributed by atoms with van der Waals surface area (Å²) in [6.45, 7) is 0. The van der Waals surface area contributed by atoms with Gasteiger partial charge in [-0.15, -0.1) is 3.89 Å². The number of methoxy groups -OCH3 is 1. The van der Waals surface area contributed by atoms with Crippen molar-refractivity contribution in [1.29, 1.82) is 0 Å². The highest BCUT2D eigenvalue weighted by molar-refractivity contribution is 7.86. The minimum Gasteiger partial charge on any atom is -0.495 e. The van der Waals surface area contributed by atoms with E-state index in [1.165, 1.54) is 13.3 Å². The van der Waals surface area contributed by atoms with Gasteiger partial charge in [0.05, 0.1) is 13.3 Å². The van der Waals surface area contributed by atoms with Gasteiger partial charge < -0.3 is 4.74 Å². The standard InChI is InChI=1S/C6H5ClFNO3S/c1-12-4-2-5(13(8,10)11)6(7)9-3-4/h2-3H,1H3. The van der Waals surface area contributed by atoms with E-state index in [-0.39, 0.29) is 5.75 Å². The third-order valence-corrected chi connectivity index (χ3v) is 2.53. The van der Waals surface area contributed by atoms with Crippen molar-refractivity contribution in [3.05, 3.63) is 17.4 Å². The Morgan fingerprint density at radius 1 is 1.62 bits per heavy atom. The maximum atomic E-state index is 12.5. The predicted octanol–water partition coefficient (Wildman–Crippen LogP) is 1.40. The van der Waals surface area contributed by atoms with E-state index in [1.807, 2.05) is 0 Å². The summed E-state index contributed by atoms with van der Waals surface area (Å²) >= 11 is 5.35. The molecule has 0 saturated heterocycles. The SMILES string of the molecule is COc1cnc(Cl)c(S(=O)(=O)F)c1. The lowest BCUT2D eigenvalue weighted by molar-refractivity contribution is 0.411. The van der Waals surface area contributed by atoms with Gasteiger partial charge in [-0.25, -0.2) is 4.98 Å². The molecule has 0 unspecified atom stereocenters. The number of pyridine rings is 1. The molecule has 0 aromatic carbocycles. The van der Waals surface area contributed by atoms with Crippen LogP contribution in [0.3, 0.4) is 0 Å². The lowest BCUT2D eigenvalue weighted by Gasteiger charge is -2.01. The van der Waals surface area contributed by atoms with Crippen LogP contribution in [0, 0.1) is 0 Å². The Kier molecular flexibility index (Phi) is 2.72. The summed E-state index contributed by atoms with van der Waals surface area (Å²) in [6, 6.07) is 0.963. The largest absolute Gasteiger partial charge is 0.495 e. The quantitative estimate of drug-likeness (QED) is 0.564. The third kappa shape index (κ3) is 2.28. The molecule has 0 atom stereocenters. The first-order valence-electron chi connectivity index (χ1n) is 3.09. The van der Waals surface area contributed by atoms with Gasteiger partial charge in [0.1, 0.15) is 10.6 Å². The molecule has 1 aromatic rings. The van der Waals surface area contributed by atoms with Gasteiger partial charge >= 0.3 is 10.2 Å². The smallest absolute Gasteiger partial charge is 0.335 e. The molecule has 0 radical (unpaired) electrons. The monoisotopic (exact) mass is 225 g/mol. The molecule has 1 rings (SSSR count). The normalized spacial score (nSPS) is 11.3. The average molecular weight is 226 g/mol. The summed E-state index contributed by atoms with van der Waals surface area (Å²) in [6.07, 6.45) is 1.19. The van der Waals surface area contributed by atoms with Crippen LogP contribution in [0.1, 0.15) is 0 Å². The van der Waals surface area contributed by atoms with Crippen molar-refractivity contribution < 1.29 is 17.0 Å². The minimum absolute atomic E-state index is 0.126. The third-order valence-electron chi connectivity index (χ3n) is 1.28. The lowest BCUT2D eigenvalue weighted by Crippen LogP contribution is -1.96. The molecule has 1 heterocycles. The molecular formula is C6H5ClFNO3S. The Morgan fingerprint density at radius 3 is 2.69 bits per heavy atom. The zero-order valence-electron chi connectivity index (χ0n) is 6.49. The summed E-state index contributed by atoms with van der Waals surface area (Å²) < 4.78 is 38.1. The number of hydrogen-bond donors (Lipinski definition) is 0. The Morgan fingerprint density at radius 2 is 2.23 bits per heavy atom. The van der Waals surface area contributed by atoms with E-state index in [4.69, 9.17) is 11.6 Å². The Bertz CT molecular complexity index is 420. The fraction of sp³-hybridized carbons (Fsp3) is 0.167. The summed E-state index contributed by atoms with van der Waals surface area (Å²) in [7, 11) is -3.54. The highest BCUT2D eigenvalue weighted by Gasteiger charge is 2.18. The summed E-state index contributed by atoms with van der Waals surface area (Å²) in [4.78, 5) is 2.75. The molecule has 0 aliphatic rings. The molecule has 7 heteroatoms. The van der Waals surface area contributed by atoms with E-state index in [0.717, 1.165) is 6.07 Å². The molecule has 1 aromatic heterocycles. The van der Waals surface area contributed by atoms with Crippen LogP contribution in [-0.4, -0.2) is 20.5 Å². The number of hydrogen-bond acceptors (Lipinski definition) is 4. The first-order valence-corrected chi connectivity index (χ1v) is 4.85. The van der Waals surface area contributed by atoms with Gasteiger partial charge in [0.25, 0.3) is 0 Å². The van der Waals surface area contributed by atoms with Crippen LogP contribution in [0.15, 0.2) is 17.2 Å². The van der Waals surface area contributed by atoms with E-state index in [1.54, 1.807) is 0 Å². The fourth-order valence-corrected chi connectivity index (χ4v) is 1.58. The van der Waals surface area contributed by atoms with E-state index in [9.17, 15) is 12.3 Å². The van der Waals surface area contributed by atoms with Gasteiger partial charge in [-0.05, 0) is 0 Å². The highest BCUT2D eigenvalue weighted by atomic mass is 35.5. The maximum absolute atomic E-state index is 12.5. The van der Waals surface area contributed by atoms with Crippen molar-refractivity contribution in [2.75, 3.05) is 7.11 Å². The van der Waals surface area contributed by atoms with Crippen molar-refractivity contribution in [2.45, 2.75) is 4.90 Å². The van der Waals surface area contributed by atoms with Crippen LogP contribution in [0.4, 0.5) is 3.89 Å². The van der Waals surface area contributed by atoms with Crippen molar-refractivity contribution >= 4 is 21.8 Å². The van der Waals surface area contributed by atoms with Gasteiger partial charge in [-0.3, -0.25) is 0 Å². The Balaban J connectivity index is 3.36. The highest BCUT2D eigenvalue weighted by Crippen LogP contribution is 2.24. The number of rotatable bonds is 2. The molecular weight excluding hydrogens is 221 g/mol. The van der Waals surface area contributed by atoms with E-state index in [0.29, 0.717) is 0 Å². The minimum atomic E-state index is -4.84. The van der Waals surface area contributed by atoms with E-state index >= 15 is 0 Å². The zero-order chi connectivity index (χ0) is 10.1. The predicted molar refractivity (Wildman–Crippen MR) is 44.1 cm³/mol. The van der Waals surface area contributed by atoms with E-state index in [2.05, 4.69) is 9.72 Å². The van der Waals surface area contributed by atoms with Gasteiger partial charge in [0.2, 0.25) is 0 Å². The second-order valence-corrected chi connectivity index (χ2v) is 3.78. The van der Waals surface area contributed by atoms with Crippen LogP contribution in [-0.2, 0) is 10.2 Å². The molecule has 0 spiro atoms. The molecule has 0 fully saturated rings. The Labute approximate surface area is 79.5 Å². The number of ether oxygens (including phenoxy) is 1. The van der Waals surface area contributed by atoms with Crippen LogP contribution in [0.5, 0.6) is 5.75 Å². The molecule has 0 saturated carbocycles. The maximum Gasteiger partial charge on any atom is 0.335 e. The number of nitrogens with zero attached hydrogens (tertiary/aromatic N) is 1. The van der Waals surface area contributed by atoms with Crippen LogP contribution < -0.4 is 4.74 Å². The lowest BCUT2D eigenvalue weighted by atomic mass is 10.5. The number of halogens is 2. The molecule has 0 N–H and O–H groups in total. The van der Waals surface area contributed by atoms with Gasteiger partial charge in [0, 0.05) is 6.07 Å². The Hall–Kier alpha value is -0.880. The second kappa shape index (κ2) is 3.47. The molecule has 0 aliphatic carbocycles. The second-order valence-electron chi connectivity index (χ2n) is 2.10. The van der Waals surface area contributed by atoms with Crippen molar-refractivity contribution in [3.63, 3.8) is 0 Å². The first-order chi connectivity index (χ1) is 5.95. The zero-order valence-corrected chi connectivity index (χ0v) is 8.06. The fourth-order valence-electron chi connectivity index (χ4n) is 0.693. The van der Waals surface area contributed by atoms with Gasteiger partial charge in [0.15, 0.2) is 5.15 Å². The van der Waals surface area contributed by atoms with Crippen LogP contribution in [0.25, 0.3) is 0 Å². The van der Waals surface area contributed by atoms with E-state index < -0.39 is 20.3 Å². The van der Waals surface area contributed by atoms with Crippen molar-refractivity contribution in [1.82, 2.24) is 4.98 Å². The van der Waals surface area contributed by atoms with Crippen molar-refractivity contribution in [2.24, 2.45) is 0 Å². The summed E-state index contributed by atoms with van der Waals surface area (Å²) in [5, 5.41) is -0.414. The van der Waals surface area contributed by atoms with Crippen LogP contribution in [0.2, 0.25) is 5.15 Å². The molecule has 4 nitrogen and oxygen atoms in total. The van der Waals surface area contributed by atoms with Gasteiger partial charge in [-0.1, -0.05) is 11.6 Å². The molecule has 13 heavy (non-hydrogen) atoms. The molecule has 72 valence electrons. The first kappa shape index (κ1) is 10.2.